The van der Waals surface area contributed by atoms with Gasteiger partial charge in [0.15, 0.2) is 0 Å². The third kappa shape index (κ3) is 5.32. The summed E-state index contributed by atoms with van der Waals surface area (Å²) in [5.74, 6) is 0. The Bertz CT molecular complexity index is 650. The van der Waals surface area contributed by atoms with Crippen molar-refractivity contribution < 1.29 is 18.8 Å². The zero-order valence-corrected chi connectivity index (χ0v) is 16.8. The number of nitrogens with zero attached hydrogens (tertiary/aromatic N) is 1. The van der Waals surface area contributed by atoms with Crippen LogP contribution in [0.15, 0.2) is 30.0 Å². The van der Waals surface area contributed by atoms with Crippen molar-refractivity contribution in [2.75, 3.05) is 6.54 Å². The third-order valence-corrected chi connectivity index (χ3v) is 4.43. The van der Waals surface area contributed by atoms with Crippen LogP contribution in [-0.4, -0.2) is 41.5 Å². The minimum atomic E-state index is -0.560. The summed E-state index contributed by atoms with van der Waals surface area (Å²) in [7, 11) is -0.560. The molecule has 1 aromatic heterocycles. The maximum atomic E-state index is 12.0. The van der Waals surface area contributed by atoms with Crippen molar-refractivity contribution in [3.63, 3.8) is 0 Å². The van der Waals surface area contributed by atoms with Crippen LogP contribution in [-0.2, 0) is 14.0 Å². The summed E-state index contributed by atoms with van der Waals surface area (Å²) in [6, 6.07) is 3.79. The van der Waals surface area contributed by atoms with Gasteiger partial charge in [0.25, 0.3) is 0 Å². The molecule has 1 N–H and O–H groups in total. The molecule has 0 spiro atoms. The Morgan fingerprint density at radius 3 is 2.38 bits per heavy atom. The van der Waals surface area contributed by atoms with E-state index in [9.17, 15) is 4.79 Å². The third-order valence-electron chi connectivity index (χ3n) is 4.43. The zero-order valence-electron chi connectivity index (χ0n) is 16.8. The molecule has 2 heterocycles. The first kappa shape index (κ1) is 20.5. The number of pyridine rings is 1. The van der Waals surface area contributed by atoms with E-state index in [1.165, 1.54) is 0 Å². The second-order valence-electron chi connectivity index (χ2n) is 8.45. The molecule has 1 fully saturated rings. The SMILES string of the molecule is CC(C)(C)OC(=O)NCC(=Cc1cccnc1)B1OC(C)(C)C(C)(C)O1. The van der Waals surface area contributed by atoms with Gasteiger partial charge < -0.3 is 19.4 Å². The fourth-order valence-corrected chi connectivity index (χ4v) is 2.36. The average Bonchev–Trinajstić information content (AvgIpc) is 2.71. The molecule has 0 saturated carbocycles. The number of alkyl carbamates (subject to hydrolysis) is 1. The zero-order chi connectivity index (χ0) is 19.6. The minimum absolute atomic E-state index is 0.251. The highest BCUT2D eigenvalue weighted by molar-refractivity contribution is 6.56. The van der Waals surface area contributed by atoms with Crippen molar-refractivity contribution in [2.45, 2.75) is 65.3 Å². The van der Waals surface area contributed by atoms with Gasteiger partial charge in [-0.1, -0.05) is 12.1 Å². The van der Waals surface area contributed by atoms with E-state index in [0.717, 1.165) is 11.0 Å². The quantitative estimate of drug-likeness (QED) is 0.831. The minimum Gasteiger partial charge on any atom is -0.444 e. The molecule has 1 amide bonds. The summed E-state index contributed by atoms with van der Waals surface area (Å²) < 4.78 is 17.6. The van der Waals surface area contributed by atoms with E-state index in [0.29, 0.717) is 0 Å². The molecule has 2 rings (SSSR count). The lowest BCUT2D eigenvalue weighted by atomic mass is 9.77. The summed E-state index contributed by atoms with van der Waals surface area (Å²) in [6.45, 7) is 13.7. The van der Waals surface area contributed by atoms with E-state index in [1.54, 1.807) is 12.4 Å². The summed E-state index contributed by atoms with van der Waals surface area (Å²) in [5.41, 5.74) is 0.224. The average molecular weight is 360 g/mol. The number of amides is 1. The van der Waals surface area contributed by atoms with Crippen LogP contribution in [0.25, 0.3) is 6.08 Å². The monoisotopic (exact) mass is 360 g/mol. The van der Waals surface area contributed by atoms with Crippen molar-refractivity contribution in [3.05, 3.63) is 35.6 Å². The predicted octanol–water partition coefficient (Wildman–Crippen LogP) is 3.62. The molecule has 26 heavy (non-hydrogen) atoms. The van der Waals surface area contributed by atoms with Gasteiger partial charge in [0.2, 0.25) is 0 Å². The lowest BCUT2D eigenvalue weighted by Crippen LogP contribution is -2.41. The molecular weight excluding hydrogens is 331 g/mol. The molecule has 142 valence electrons. The number of nitrogens with one attached hydrogen (secondary N) is 1. The smallest absolute Gasteiger partial charge is 0.444 e. The van der Waals surface area contributed by atoms with Gasteiger partial charge >= 0.3 is 13.2 Å². The molecule has 0 atom stereocenters. The maximum Gasteiger partial charge on any atom is 0.492 e. The van der Waals surface area contributed by atoms with Crippen LogP contribution in [0.1, 0.15) is 54.0 Å². The van der Waals surface area contributed by atoms with E-state index < -0.39 is 30.0 Å². The van der Waals surface area contributed by atoms with Gasteiger partial charge in [0.1, 0.15) is 5.60 Å². The lowest BCUT2D eigenvalue weighted by Gasteiger charge is -2.32. The van der Waals surface area contributed by atoms with E-state index in [4.69, 9.17) is 14.0 Å². The Kier molecular flexibility index (Phi) is 5.83. The standard InChI is InChI=1S/C19H29BN2O4/c1-17(2,3)24-16(23)22-13-15(11-14-9-8-10-21-12-14)20-25-18(4,5)19(6,7)26-20/h8-12H,13H2,1-7H3,(H,22,23). The van der Waals surface area contributed by atoms with Crippen LogP contribution in [0.4, 0.5) is 4.79 Å². The second kappa shape index (κ2) is 7.41. The van der Waals surface area contributed by atoms with Crippen molar-refractivity contribution >= 4 is 19.3 Å². The van der Waals surface area contributed by atoms with E-state index in [2.05, 4.69) is 10.3 Å². The first-order chi connectivity index (χ1) is 11.9. The number of aromatic nitrogens is 1. The first-order valence-corrected chi connectivity index (χ1v) is 8.83. The summed E-state index contributed by atoms with van der Waals surface area (Å²) in [5, 5.41) is 2.78. The van der Waals surface area contributed by atoms with Crippen molar-refractivity contribution in [3.8, 4) is 0 Å². The summed E-state index contributed by atoms with van der Waals surface area (Å²) >= 11 is 0. The number of ether oxygens (including phenoxy) is 1. The largest absolute Gasteiger partial charge is 0.492 e. The van der Waals surface area contributed by atoms with Gasteiger partial charge in [-0.15, -0.1) is 0 Å². The highest BCUT2D eigenvalue weighted by Crippen LogP contribution is 2.38. The number of carbonyl (C=O) groups excluding carboxylic acids is 1. The number of rotatable bonds is 4. The number of carbonyl (C=O) groups is 1. The molecule has 6 nitrogen and oxygen atoms in total. The Balaban J connectivity index is 2.19. The molecule has 1 aliphatic rings. The van der Waals surface area contributed by atoms with Crippen LogP contribution in [0.5, 0.6) is 0 Å². The van der Waals surface area contributed by atoms with Crippen molar-refractivity contribution in [1.29, 1.82) is 0 Å². The van der Waals surface area contributed by atoms with Crippen LogP contribution in [0, 0.1) is 0 Å². The summed E-state index contributed by atoms with van der Waals surface area (Å²) in [4.78, 5) is 16.2. The molecule has 0 aromatic carbocycles. The highest BCUT2D eigenvalue weighted by Gasteiger charge is 2.52. The van der Waals surface area contributed by atoms with Gasteiger partial charge in [0.05, 0.1) is 11.2 Å². The highest BCUT2D eigenvalue weighted by atomic mass is 16.7. The fraction of sp³-hybridized carbons (Fsp3) is 0.579. The fourth-order valence-electron chi connectivity index (χ4n) is 2.36. The van der Waals surface area contributed by atoms with Gasteiger partial charge in [-0.25, -0.2) is 4.79 Å². The maximum absolute atomic E-state index is 12.0. The van der Waals surface area contributed by atoms with E-state index >= 15 is 0 Å². The molecule has 0 aliphatic carbocycles. The molecule has 0 radical (unpaired) electrons. The van der Waals surface area contributed by atoms with Gasteiger partial charge in [0, 0.05) is 18.9 Å². The van der Waals surface area contributed by atoms with E-state index in [1.807, 2.05) is 66.7 Å². The molecule has 1 saturated heterocycles. The molecule has 1 aromatic rings. The van der Waals surface area contributed by atoms with Crippen molar-refractivity contribution in [2.24, 2.45) is 0 Å². The molecule has 1 aliphatic heterocycles. The lowest BCUT2D eigenvalue weighted by molar-refractivity contribution is 0.00578. The Morgan fingerprint density at radius 2 is 1.88 bits per heavy atom. The Morgan fingerprint density at radius 1 is 1.27 bits per heavy atom. The number of hydrogen-bond donors (Lipinski definition) is 1. The van der Waals surface area contributed by atoms with Gasteiger partial charge in [-0.05, 0) is 65.6 Å². The predicted molar refractivity (Wildman–Crippen MR) is 103 cm³/mol. The molecule has 0 unspecified atom stereocenters. The molecule has 0 bridgehead atoms. The van der Waals surface area contributed by atoms with Gasteiger partial charge in [-0.2, -0.15) is 0 Å². The van der Waals surface area contributed by atoms with Crippen LogP contribution < -0.4 is 5.32 Å². The number of hydrogen-bond acceptors (Lipinski definition) is 5. The first-order valence-electron chi connectivity index (χ1n) is 8.83. The van der Waals surface area contributed by atoms with Crippen molar-refractivity contribution in [1.82, 2.24) is 10.3 Å². The van der Waals surface area contributed by atoms with Gasteiger partial charge in [-0.3, -0.25) is 4.98 Å². The molecular formula is C19H29BN2O4. The molecule has 7 heteroatoms. The Hall–Kier alpha value is -1.86. The Labute approximate surface area is 156 Å². The normalized spacial score (nSPS) is 19.3. The van der Waals surface area contributed by atoms with Crippen LogP contribution in [0.2, 0.25) is 0 Å². The van der Waals surface area contributed by atoms with Crippen LogP contribution >= 0.6 is 0 Å². The topological polar surface area (TPSA) is 69.7 Å². The van der Waals surface area contributed by atoms with Crippen LogP contribution in [0.3, 0.4) is 0 Å². The second-order valence-corrected chi connectivity index (χ2v) is 8.45. The van der Waals surface area contributed by atoms with E-state index in [-0.39, 0.29) is 6.54 Å². The summed E-state index contributed by atoms with van der Waals surface area (Å²) in [6.07, 6.45) is 4.90.